The molecule has 0 saturated carbocycles. The molecule has 2 fully saturated rings. The van der Waals surface area contributed by atoms with Crippen LogP contribution in [0, 0.1) is 11.3 Å². The number of halogens is 6. The molecule has 3 nitrogen and oxygen atoms in total. The maximum absolute atomic E-state index is 12.9. The minimum Gasteiger partial charge on any atom is -0.341 e. The molecule has 0 aliphatic carbocycles. The summed E-state index contributed by atoms with van der Waals surface area (Å²) in [6.07, 6.45) is -11.5. The number of hydrogen-bond donors (Lipinski definition) is 1. The van der Waals surface area contributed by atoms with Crippen molar-refractivity contribution in [2.75, 3.05) is 26.2 Å². The minimum atomic E-state index is -5.41. The molecule has 2 aliphatic heterocycles. The van der Waals surface area contributed by atoms with Crippen molar-refractivity contribution in [1.82, 2.24) is 10.2 Å². The average Bonchev–Trinajstić information content (AvgIpc) is 2.96. The van der Waals surface area contributed by atoms with Crippen LogP contribution in [-0.2, 0) is 4.79 Å². The van der Waals surface area contributed by atoms with Gasteiger partial charge in [-0.3, -0.25) is 4.79 Å². The van der Waals surface area contributed by atoms with Gasteiger partial charge in [0, 0.05) is 19.6 Å². The topological polar surface area (TPSA) is 32.3 Å². The Labute approximate surface area is 111 Å². The molecule has 1 unspecified atom stereocenters. The maximum atomic E-state index is 12.9. The van der Waals surface area contributed by atoms with Crippen LogP contribution in [0.25, 0.3) is 0 Å². The van der Waals surface area contributed by atoms with Gasteiger partial charge >= 0.3 is 12.4 Å². The van der Waals surface area contributed by atoms with E-state index in [4.69, 9.17) is 0 Å². The molecule has 0 spiro atoms. The predicted octanol–water partition coefficient (Wildman–Crippen LogP) is 1.94. The van der Waals surface area contributed by atoms with E-state index in [1.54, 1.807) is 0 Å². The van der Waals surface area contributed by atoms with Gasteiger partial charge in [0.2, 0.25) is 5.91 Å². The van der Waals surface area contributed by atoms with Crippen molar-refractivity contribution >= 4 is 5.91 Å². The Balaban J connectivity index is 2.18. The Morgan fingerprint density at radius 2 is 1.75 bits per heavy atom. The Morgan fingerprint density at radius 3 is 2.15 bits per heavy atom. The zero-order valence-corrected chi connectivity index (χ0v) is 10.4. The Kier molecular flexibility index (Phi) is 3.68. The monoisotopic (exact) mass is 304 g/mol. The van der Waals surface area contributed by atoms with Crippen molar-refractivity contribution in [3.8, 4) is 0 Å². The van der Waals surface area contributed by atoms with Gasteiger partial charge < -0.3 is 10.2 Å². The van der Waals surface area contributed by atoms with Crippen LogP contribution in [0.1, 0.15) is 12.8 Å². The number of rotatable bonds is 1. The number of nitrogens with one attached hydrogen (secondary N) is 1. The molecule has 2 rings (SSSR count). The predicted molar refractivity (Wildman–Crippen MR) is 56.7 cm³/mol. The first-order valence-corrected chi connectivity index (χ1v) is 6.21. The minimum absolute atomic E-state index is 0.306. The molecule has 1 atom stereocenters. The van der Waals surface area contributed by atoms with Crippen LogP contribution in [0.5, 0.6) is 0 Å². The number of carbonyl (C=O) groups is 1. The van der Waals surface area contributed by atoms with Crippen LogP contribution >= 0.6 is 0 Å². The first kappa shape index (κ1) is 15.4. The van der Waals surface area contributed by atoms with Crippen LogP contribution in [-0.4, -0.2) is 49.3 Å². The van der Waals surface area contributed by atoms with Gasteiger partial charge in [-0.25, -0.2) is 0 Å². The van der Waals surface area contributed by atoms with Crippen LogP contribution < -0.4 is 5.32 Å². The summed E-state index contributed by atoms with van der Waals surface area (Å²) in [6.45, 7) is -0.974. The van der Waals surface area contributed by atoms with E-state index in [-0.39, 0.29) is 0 Å². The third-order valence-electron chi connectivity index (χ3n) is 4.08. The lowest BCUT2D eigenvalue weighted by molar-refractivity contribution is -0.334. The number of carbonyl (C=O) groups excluding carboxylic acids is 1. The molecule has 1 N–H and O–H groups in total. The highest BCUT2D eigenvalue weighted by molar-refractivity contribution is 5.79. The zero-order chi connectivity index (χ0) is 15.2. The smallest absolute Gasteiger partial charge is 0.341 e. The first-order chi connectivity index (χ1) is 9.08. The van der Waals surface area contributed by atoms with Gasteiger partial charge in [-0.1, -0.05) is 0 Å². The number of hydrogen-bond acceptors (Lipinski definition) is 2. The highest BCUT2D eigenvalue weighted by Gasteiger charge is 2.73. The molecule has 0 aromatic rings. The van der Waals surface area contributed by atoms with Crippen molar-refractivity contribution in [1.29, 1.82) is 0 Å². The van der Waals surface area contributed by atoms with E-state index in [0.717, 1.165) is 0 Å². The van der Waals surface area contributed by atoms with Crippen LogP contribution in [0.15, 0.2) is 0 Å². The molecule has 0 aromatic carbocycles. The second-order valence-electron chi connectivity index (χ2n) is 5.28. The van der Waals surface area contributed by atoms with E-state index >= 15 is 0 Å². The van der Waals surface area contributed by atoms with Crippen LogP contribution in [0.3, 0.4) is 0 Å². The fraction of sp³-hybridized carbons (Fsp3) is 0.909. The van der Waals surface area contributed by atoms with Gasteiger partial charge in [-0.15, -0.1) is 0 Å². The van der Waals surface area contributed by atoms with Crippen molar-refractivity contribution in [3.05, 3.63) is 0 Å². The number of amides is 1. The van der Waals surface area contributed by atoms with Crippen molar-refractivity contribution in [2.45, 2.75) is 25.2 Å². The first-order valence-electron chi connectivity index (χ1n) is 6.21. The third kappa shape index (κ3) is 2.36. The Hall–Kier alpha value is -0.990. The summed E-state index contributed by atoms with van der Waals surface area (Å²) >= 11 is 0. The third-order valence-corrected chi connectivity index (χ3v) is 4.08. The second kappa shape index (κ2) is 4.78. The van der Waals surface area contributed by atoms with E-state index in [0.29, 0.717) is 24.4 Å². The average molecular weight is 304 g/mol. The Bertz CT molecular complexity index is 371. The largest absolute Gasteiger partial charge is 0.404 e. The molecule has 0 bridgehead atoms. The number of alkyl halides is 6. The Morgan fingerprint density at radius 1 is 1.15 bits per heavy atom. The standard InChI is InChI=1S/C11H14F6N2O/c12-10(13,14)9(11(15,16)17)2-4-19(6-9)8(20)7-1-3-18-5-7/h7,18H,1-6H2. The van der Waals surface area contributed by atoms with E-state index in [1.165, 1.54) is 0 Å². The number of likely N-dealkylation sites (tertiary alicyclic amines) is 1. The summed E-state index contributed by atoms with van der Waals surface area (Å²) in [6, 6.07) is 0. The fourth-order valence-electron chi connectivity index (χ4n) is 2.74. The van der Waals surface area contributed by atoms with Gasteiger partial charge in [0.15, 0.2) is 5.41 Å². The van der Waals surface area contributed by atoms with Gasteiger partial charge in [-0.2, -0.15) is 26.3 Å². The summed E-state index contributed by atoms with van der Waals surface area (Å²) < 4.78 is 77.1. The molecule has 2 heterocycles. The lowest BCUT2D eigenvalue weighted by Crippen LogP contribution is -2.52. The summed E-state index contributed by atoms with van der Waals surface area (Å²) in [5.41, 5.74) is -3.79. The lowest BCUT2D eigenvalue weighted by atomic mass is 9.85. The SMILES string of the molecule is O=C(C1CCNC1)N1CCC(C(F)(F)F)(C(F)(F)F)C1. The summed E-state index contributed by atoms with van der Waals surface area (Å²) in [7, 11) is 0. The van der Waals surface area contributed by atoms with Crippen LogP contribution in [0.2, 0.25) is 0 Å². The van der Waals surface area contributed by atoms with E-state index in [9.17, 15) is 31.1 Å². The molecule has 20 heavy (non-hydrogen) atoms. The van der Waals surface area contributed by atoms with E-state index < -0.39 is 49.1 Å². The molecule has 9 heteroatoms. The van der Waals surface area contributed by atoms with Gasteiger partial charge in [0.25, 0.3) is 0 Å². The van der Waals surface area contributed by atoms with Gasteiger partial charge in [-0.05, 0) is 19.4 Å². The normalized spacial score (nSPS) is 27.1. The van der Waals surface area contributed by atoms with E-state index in [1.807, 2.05) is 0 Å². The second-order valence-corrected chi connectivity index (χ2v) is 5.28. The summed E-state index contributed by atoms with van der Waals surface area (Å²) in [5.74, 6) is -1.14. The lowest BCUT2D eigenvalue weighted by Gasteiger charge is -2.33. The van der Waals surface area contributed by atoms with Gasteiger partial charge in [0.05, 0.1) is 5.92 Å². The van der Waals surface area contributed by atoms with Crippen molar-refractivity contribution in [2.24, 2.45) is 11.3 Å². The van der Waals surface area contributed by atoms with Crippen molar-refractivity contribution < 1.29 is 31.1 Å². The zero-order valence-electron chi connectivity index (χ0n) is 10.4. The highest BCUT2D eigenvalue weighted by Crippen LogP contribution is 2.55. The number of nitrogens with zero attached hydrogens (tertiary/aromatic N) is 1. The summed E-state index contributed by atoms with van der Waals surface area (Å²) in [4.78, 5) is 12.6. The highest BCUT2D eigenvalue weighted by atomic mass is 19.4. The van der Waals surface area contributed by atoms with Crippen LogP contribution in [0.4, 0.5) is 26.3 Å². The van der Waals surface area contributed by atoms with Crippen molar-refractivity contribution in [3.63, 3.8) is 0 Å². The molecular formula is C11H14F6N2O. The van der Waals surface area contributed by atoms with Gasteiger partial charge in [0.1, 0.15) is 0 Å². The summed E-state index contributed by atoms with van der Waals surface area (Å²) in [5, 5.41) is 2.87. The van der Waals surface area contributed by atoms with E-state index in [2.05, 4.69) is 5.32 Å². The molecule has 1 amide bonds. The quantitative estimate of drug-likeness (QED) is 0.751. The maximum Gasteiger partial charge on any atom is 0.404 e. The molecule has 0 aromatic heterocycles. The molecule has 2 saturated heterocycles. The molecule has 0 radical (unpaired) electrons. The fourth-order valence-corrected chi connectivity index (χ4v) is 2.74. The molecule has 2 aliphatic rings. The molecule has 116 valence electrons. The molecular weight excluding hydrogens is 290 g/mol.